The molecule has 7 nitrogen and oxygen atoms in total. The number of carboxylic acid groups (broad SMARTS) is 1. The van der Waals surface area contributed by atoms with Gasteiger partial charge in [-0.25, -0.2) is 9.48 Å². The molecular weight excluding hydrogens is 508 g/mol. The van der Waals surface area contributed by atoms with E-state index < -0.39 is 35.4 Å². The zero-order chi connectivity index (χ0) is 25.5. The lowest BCUT2D eigenvalue weighted by Gasteiger charge is -2.21. The zero-order valence-electron chi connectivity index (χ0n) is 18.2. The van der Waals surface area contributed by atoms with Crippen LogP contribution in [0.4, 0.5) is 19.0 Å². The first-order valence-corrected chi connectivity index (χ1v) is 11.2. The topological polar surface area (TPSA) is 87.5 Å². The normalized spacial score (nSPS) is 14.1. The predicted octanol–water partition coefficient (Wildman–Crippen LogP) is 5.42. The molecule has 12 heteroatoms. The number of halogens is 5. The molecule has 1 aromatic heterocycles. The largest absolute Gasteiger partial charge is 0.478 e. The van der Waals surface area contributed by atoms with Gasteiger partial charge in [-0.05, 0) is 48.4 Å². The van der Waals surface area contributed by atoms with Crippen LogP contribution in [0.3, 0.4) is 0 Å². The van der Waals surface area contributed by atoms with Crippen LogP contribution in [0.1, 0.15) is 50.5 Å². The highest BCUT2D eigenvalue weighted by atomic mass is 35.5. The number of alkyl halides is 3. The molecule has 0 fully saturated rings. The molecule has 35 heavy (non-hydrogen) atoms. The summed E-state index contributed by atoms with van der Waals surface area (Å²) < 4.78 is 42.7. The number of amides is 1. The molecule has 4 rings (SSSR count). The van der Waals surface area contributed by atoms with Crippen LogP contribution in [0.2, 0.25) is 10.0 Å². The third-order valence-electron chi connectivity index (χ3n) is 5.60. The number of carboxylic acids is 1. The molecule has 184 valence electrons. The van der Waals surface area contributed by atoms with Crippen molar-refractivity contribution in [1.82, 2.24) is 15.1 Å². The van der Waals surface area contributed by atoms with Crippen LogP contribution in [0.5, 0.6) is 0 Å². The molecule has 1 atom stereocenters. The Kier molecular flexibility index (Phi) is 6.70. The molecule has 0 bridgehead atoms. The van der Waals surface area contributed by atoms with Gasteiger partial charge in [-0.15, -0.1) is 0 Å². The van der Waals surface area contributed by atoms with E-state index in [-0.39, 0.29) is 24.5 Å². The summed E-state index contributed by atoms with van der Waals surface area (Å²) in [6.45, 7) is 2.29. The number of fused-ring (bicyclic) bond motifs is 1. The minimum Gasteiger partial charge on any atom is -0.478 e. The lowest BCUT2D eigenvalue weighted by Crippen LogP contribution is -2.31. The van der Waals surface area contributed by atoms with Crippen LogP contribution in [0.25, 0.3) is 0 Å². The number of anilines is 1. The number of hydrogen-bond donors (Lipinski definition) is 2. The fraction of sp³-hybridized carbons (Fsp3) is 0.261. The van der Waals surface area contributed by atoms with Crippen molar-refractivity contribution >= 4 is 40.9 Å². The van der Waals surface area contributed by atoms with E-state index in [0.29, 0.717) is 27.7 Å². The van der Waals surface area contributed by atoms with Crippen LogP contribution in [0.15, 0.2) is 42.5 Å². The number of benzene rings is 2. The molecular formula is C23H19Cl2F3N4O3. The standard InChI is InChI=1S/C23H19Cl2F3N4O3/c1-12(14-2-4-15(5-3-14)22(34)35)29-20(33)18-19(23(26,27)28)30-32-7-6-31(21(18)32)11-13-8-16(24)10-17(25)9-13/h2-5,8-10,12H,6-7,11H2,1H3,(H,29,33)(H,34,35). The molecule has 0 radical (unpaired) electrons. The van der Waals surface area contributed by atoms with Gasteiger partial charge in [0.05, 0.1) is 18.2 Å². The second kappa shape index (κ2) is 9.43. The molecule has 0 saturated heterocycles. The lowest BCUT2D eigenvalue weighted by molar-refractivity contribution is -0.141. The van der Waals surface area contributed by atoms with Gasteiger partial charge >= 0.3 is 12.1 Å². The molecule has 2 heterocycles. The Morgan fingerprint density at radius 2 is 1.74 bits per heavy atom. The molecule has 1 aliphatic rings. The van der Waals surface area contributed by atoms with Gasteiger partial charge in [0.15, 0.2) is 5.69 Å². The third-order valence-corrected chi connectivity index (χ3v) is 6.04. The van der Waals surface area contributed by atoms with E-state index >= 15 is 0 Å². The average Bonchev–Trinajstić information content (AvgIpc) is 3.33. The van der Waals surface area contributed by atoms with E-state index in [1.165, 1.54) is 28.9 Å². The van der Waals surface area contributed by atoms with E-state index in [2.05, 4.69) is 10.4 Å². The molecule has 0 saturated carbocycles. The van der Waals surface area contributed by atoms with Gasteiger partial charge in [0.25, 0.3) is 5.91 Å². The van der Waals surface area contributed by atoms with Crippen molar-refractivity contribution in [2.75, 3.05) is 11.4 Å². The van der Waals surface area contributed by atoms with Crippen molar-refractivity contribution in [3.05, 3.63) is 80.5 Å². The van der Waals surface area contributed by atoms with Gasteiger partial charge in [0, 0.05) is 23.1 Å². The molecule has 1 amide bonds. The Balaban J connectivity index is 1.65. The minimum absolute atomic E-state index is 0.0536. The molecule has 1 aliphatic heterocycles. The van der Waals surface area contributed by atoms with Crippen molar-refractivity contribution in [2.24, 2.45) is 0 Å². The summed E-state index contributed by atoms with van der Waals surface area (Å²) in [6.07, 6.45) is -4.85. The van der Waals surface area contributed by atoms with Gasteiger partial charge in [0.1, 0.15) is 11.4 Å². The summed E-state index contributed by atoms with van der Waals surface area (Å²) in [5.41, 5.74) is -0.586. The number of carbonyl (C=O) groups is 2. The Labute approximate surface area is 208 Å². The van der Waals surface area contributed by atoms with E-state index in [4.69, 9.17) is 28.3 Å². The molecule has 1 unspecified atom stereocenters. The number of nitrogens with one attached hydrogen (secondary N) is 1. The van der Waals surface area contributed by atoms with E-state index in [0.717, 1.165) is 0 Å². The SMILES string of the molecule is CC(NC(=O)c1c(C(F)(F)F)nn2c1N(Cc1cc(Cl)cc(Cl)c1)CC2)c1ccc(C(=O)O)cc1. The average molecular weight is 527 g/mol. The summed E-state index contributed by atoms with van der Waals surface area (Å²) in [5, 5.41) is 16.1. The van der Waals surface area contributed by atoms with Crippen molar-refractivity contribution in [3.8, 4) is 0 Å². The van der Waals surface area contributed by atoms with Crippen LogP contribution < -0.4 is 10.2 Å². The van der Waals surface area contributed by atoms with Gasteiger partial charge in [-0.3, -0.25) is 4.79 Å². The van der Waals surface area contributed by atoms with Crippen molar-refractivity contribution in [2.45, 2.75) is 32.2 Å². The maximum absolute atomic E-state index is 13.8. The van der Waals surface area contributed by atoms with Crippen LogP contribution in [-0.4, -0.2) is 33.3 Å². The van der Waals surface area contributed by atoms with Crippen LogP contribution in [-0.2, 0) is 19.3 Å². The first-order valence-electron chi connectivity index (χ1n) is 10.5. The quantitative estimate of drug-likeness (QED) is 0.447. The fourth-order valence-electron chi connectivity index (χ4n) is 4.00. The van der Waals surface area contributed by atoms with Crippen molar-refractivity contribution in [1.29, 1.82) is 0 Å². The summed E-state index contributed by atoms with van der Waals surface area (Å²) in [6, 6.07) is 9.87. The molecule has 2 N–H and O–H groups in total. The number of aromatic carboxylic acids is 1. The second-order valence-electron chi connectivity index (χ2n) is 8.09. The monoisotopic (exact) mass is 526 g/mol. The first-order chi connectivity index (χ1) is 16.4. The highest BCUT2D eigenvalue weighted by Gasteiger charge is 2.44. The summed E-state index contributed by atoms with van der Waals surface area (Å²) >= 11 is 12.1. The smallest absolute Gasteiger partial charge is 0.436 e. The first kappa shape index (κ1) is 24.9. The van der Waals surface area contributed by atoms with Crippen LogP contribution in [0, 0.1) is 0 Å². The van der Waals surface area contributed by atoms with Crippen molar-refractivity contribution < 1.29 is 27.9 Å². The van der Waals surface area contributed by atoms with Crippen LogP contribution >= 0.6 is 23.2 Å². The van der Waals surface area contributed by atoms with Gasteiger partial charge in [-0.2, -0.15) is 18.3 Å². The molecule has 3 aromatic rings. The Morgan fingerprint density at radius 3 is 2.31 bits per heavy atom. The van der Waals surface area contributed by atoms with E-state index in [9.17, 15) is 22.8 Å². The van der Waals surface area contributed by atoms with Gasteiger partial charge < -0.3 is 15.3 Å². The minimum atomic E-state index is -4.85. The predicted molar refractivity (Wildman–Crippen MR) is 124 cm³/mol. The molecule has 0 spiro atoms. The number of nitrogens with zero attached hydrogens (tertiary/aromatic N) is 3. The van der Waals surface area contributed by atoms with E-state index in [1.807, 2.05) is 0 Å². The highest BCUT2D eigenvalue weighted by molar-refractivity contribution is 6.34. The summed E-state index contributed by atoms with van der Waals surface area (Å²) in [5.74, 6) is -2.00. The Hall–Kier alpha value is -3.24. The summed E-state index contributed by atoms with van der Waals surface area (Å²) in [4.78, 5) is 25.9. The number of rotatable bonds is 6. The second-order valence-corrected chi connectivity index (χ2v) is 8.96. The number of carbonyl (C=O) groups excluding carboxylic acids is 1. The third kappa shape index (κ3) is 5.23. The Bertz CT molecular complexity index is 1270. The maximum atomic E-state index is 13.8. The van der Waals surface area contributed by atoms with E-state index in [1.54, 1.807) is 30.0 Å². The maximum Gasteiger partial charge on any atom is 0.436 e. The fourth-order valence-corrected chi connectivity index (χ4v) is 4.57. The van der Waals surface area contributed by atoms with Gasteiger partial charge in [0.2, 0.25) is 0 Å². The number of hydrogen-bond acceptors (Lipinski definition) is 4. The molecule has 2 aromatic carbocycles. The highest BCUT2D eigenvalue weighted by Crippen LogP contribution is 2.39. The molecule has 0 aliphatic carbocycles. The zero-order valence-corrected chi connectivity index (χ0v) is 19.7. The number of aromatic nitrogens is 2. The lowest BCUT2D eigenvalue weighted by atomic mass is 10.1. The Morgan fingerprint density at radius 1 is 1.11 bits per heavy atom. The van der Waals surface area contributed by atoms with Crippen molar-refractivity contribution in [3.63, 3.8) is 0 Å². The van der Waals surface area contributed by atoms with Gasteiger partial charge in [-0.1, -0.05) is 35.3 Å². The summed E-state index contributed by atoms with van der Waals surface area (Å²) in [7, 11) is 0.